The van der Waals surface area contributed by atoms with Crippen LogP contribution in [0, 0.1) is 6.92 Å². The van der Waals surface area contributed by atoms with Crippen molar-refractivity contribution >= 4 is 34.0 Å². The van der Waals surface area contributed by atoms with E-state index in [2.05, 4.69) is 15.3 Å². The summed E-state index contributed by atoms with van der Waals surface area (Å²) >= 11 is 1.59. The normalized spacial score (nSPS) is 11.2. The smallest absolute Gasteiger partial charge is 0.255 e. The molecule has 0 radical (unpaired) electrons. The lowest BCUT2D eigenvalue weighted by Crippen LogP contribution is -2.12. The first-order valence-corrected chi connectivity index (χ1v) is 10.2. The van der Waals surface area contributed by atoms with Gasteiger partial charge in [0.25, 0.3) is 5.91 Å². The summed E-state index contributed by atoms with van der Waals surface area (Å²) in [5.41, 5.74) is 3.49. The summed E-state index contributed by atoms with van der Waals surface area (Å²) < 4.78 is 11.5. The minimum atomic E-state index is -0.216. The molecular formula is C22H21N3O3S. The molecule has 2 aromatic carbocycles. The molecule has 7 heteroatoms. The van der Waals surface area contributed by atoms with E-state index in [1.54, 1.807) is 35.6 Å². The lowest BCUT2D eigenvalue weighted by molar-refractivity contribution is 0.102. The van der Waals surface area contributed by atoms with Crippen molar-refractivity contribution < 1.29 is 13.9 Å². The third kappa shape index (κ3) is 4.46. The molecule has 4 aromatic rings. The van der Waals surface area contributed by atoms with Gasteiger partial charge in [-0.05, 0) is 43.3 Å². The fourth-order valence-electron chi connectivity index (χ4n) is 2.83. The van der Waals surface area contributed by atoms with Crippen LogP contribution in [-0.2, 0) is 6.61 Å². The van der Waals surface area contributed by atoms with Gasteiger partial charge in [0.05, 0.1) is 10.7 Å². The number of carbonyl (C=O) groups excluding carboxylic acids is 1. The van der Waals surface area contributed by atoms with Gasteiger partial charge < -0.3 is 14.5 Å². The summed E-state index contributed by atoms with van der Waals surface area (Å²) in [5, 5.41) is 5.88. The number of aryl methyl sites for hydroxylation is 1. The Morgan fingerprint density at radius 3 is 2.83 bits per heavy atom. The number of amides is 1. The lowest BCUT2D eigenvalue weighted by Gasteiger charge is -2.08. The maximum absolute atomic E-state index is 12.7. The average Bonchev–Trinajstić information content (AvgIpc) is 3.32. The molecule has 148 valence electrons. The molecule has 0 aliphatic carbocycles. The van der Waals surface area contributed by atoms with E-state index in [0.29, 0.717) is 35.1 Å². The highest BCUT2D eigenvalue weighted by atomic mass is 32.1. The van der Waals surface area contributed by atoms with Gasteiger partial charge in [0, 0.05) is 22.5 Å². The molecule has 0 aliphatic rings. The topological polar surface area (TPSA) is 77.2 Å². The molecule has 2 aromatic heterocycles. The monoisotopic (exact) mass is 407 g/mol. The third-order valence-corrected chi connectivity index (χ3v) is 5.13. The largest absolute Gasteiger partial charge is 0.487 e. The van der Waals surface area contributed by atoms with Crippen molar-refractivity contribution in [1.29, 1.82) is 0 Å². The van der Waals surface area contributed by atoms with Gasteiger partial charge in [-0.2, -0.15) is 0 Å². The number of hydrogen-bond acceptors (Lipinski definition) is 6. The average molecular weight is 407 g/mol. The third-order valence-electron chi connectivity index (χ3n) is 4.31. The van der Waals surface area contributed by atoms with Crippen molar-refractivity contribution in [3.8, 4) is 5.75 Å². The van der Waals surface area contributed by atoms with E-state index in [0.717, 1.165) is 16.2 Å². The maximum atomic E-state index is 12.7. The number of anilines is 1. The Morgan fingerprint density at radius 2 is 2.07 bits per heavy atom. The fourth-order valence-corrected chi connectivity index (χ4v) is 3.43. The number of carbonyl (C=O) groups is 1. The van der Waals surface area contributed by atoms with Crippen LogP contribution < -0.4 is 10.1 Å². The molecular weight excluding hydrogens is 386 g/mol. The highest BCUT2D eigenvalue weighted by molar-refractivity contribution is 7.09. The van der Waals surface area contributed by atoms with Crippen molar-refractivity contribution in [3.63, 3.8) is 0 Å². The number of hydrogen-bond donors (Lipinski definition) is 1. The first-order valence-electron chi connectivity index (χ1n) is 9.33. The van der Waals surface area contributed by atoms with Crippen LogP contribution >= 0.6 is 11.3 Å². The van der Waals surface area contributed by atoms with Crippen LogP contribution in [0.25, 0.3) is 11.1 Å². The summed E-state index contributed by atoms with van der Waals surface area (Å²) in [7, 11) is 0. The summed E-state index contributed by atoms with van der Waals surface area (Å²) in [5.74, 6) is 1.30. The van der Waals surface area contributed by atoms with Crippen LogP contribution in [0.2, 0.25) is 0 Å². The number of nitrogens with one attached hydrogen (secondary N) is 1. The number of fused-ring (bicyclic) bond motifs is 1. The van der Waals surface area contributed by atoms with Crippen LogP contribution in [0.15, 0.2) is 52.3 Å². The highest BCUT2D eigenvalue weighted by Crippen LogP contribution is 2.24. The van der Waals surface area contributed by atoms with Gasteiger partial charge in [0.2, 0.25) is 0 Å². The zero-order valence-corrected chi connectivity index (χ0v) is 17.2. The number of thiazole rings is 1. The molecule has 2 heterocycles. The molecule has 0 aliphatic heterocycles. The minimum Gasteiger partial charge on any atom is -0.487 e. The predicted octanol–water partition coefficient (Wildman–Crippen LogP) is 5.55. The number of aromatic nitrogens is 2. The summed E-state index contributed by atoms with van der Waals surface area (Å²) in [4.78, 5) is 21.5. The van der Waals surface area contributed by atoms with Crippen molar-refractivity contribution in [3.05, 3.63) is 70.0 Å². The van der Waals surface area contributed by atoms with Crippen LogP contribution in [0.4, 0.5) is 5.69 Å². The van der Waals surface area contributed by atoms with Crippen LogP contribution in [0.5, 0.6) is 5.75 Å². The molecule has 0 bridgehead atoms. The minimum absolute atomic E-state index is 0.205. The quantitative estimate of drug-likeness (QED) is 0.454. The molecule has 1 amide bonds. The summed E-state index contributed by atoms with van der Waals surface area (Å²) in [6.07, 6.45) is 0. The molecule has 0 spiro atoms. The Balaban J connectivity index is 1.46. The van der Waals surface area contributed by atoms with Gasteiger partial charge in [-0.25, -0.2) is 9.97 Å². The Labute approximate surface area is 172 Å². The molecule has 1 N–H and O–H groups in total. The van der Waals surface area contributed by atoms with Gasteiger partial charge in [0.15, 0.2) is 11.5 Å². The number of ether oxygens (including phenoxy) is 1. The lowest BCUT2D eigenvalue weighted by atomic mass is 10.2. The highest BCUT2D eigenvalue weighted by Gasteiger charge is 2.12. The molecule has 0 atom stereocenters. The Kier molecular flexibility index (Phi) is 5.31. The zero-order chi connectivity index (χ0) is 20.4. The molecule has 29 heavy (non-hydrogen) atoms. The van der Waals surface area contributed by atoms with E-state index in [4.69, 9.17) is 9.15 Å². The second-order valence-electron chi connectivity index (χ2n) is 7.02. The molecule has 4 rings (SSSR count). The van der Waals surface area contributed by atoms with E-state index < -0.39 is 0 Å². The predicted molar refractivity (Wildman–Crippen MR) is 114 cm³/mol. The van der Waals surface area contributed by atoms with Gasteiger partial charge in [-0.3, -0.25) is 4.79 Å². The Hall–Kier alpha value is -3.19. The molecule has 0 unspecified atom stereocenters. The van der Waals surface area contributed by atoms with Gasteiger partial charge in [-0.1, -0.05) is 19.9 Å². The van der Waals surface area contributed by atoms with Gasteiger partial charge in [0.1, 0.15) is 17.9 Å². The summed E-state index contributed by atoms with van der Waals surface area (Å²) in [6, 6.07) is 12.5. The van der Waals surface area contributed by atoms with Crippen molar-refractivity contribution in [2.24, 2.45) is 0 Å². The SMILES string of the molecule is Cc1nc(COc2cccc(C(=O)Nc3ccc4oc(C(C)C)nc4c3)c2)cs1. The van der Waals surface area contributed by atoms with E-state index >= 15 is 0 Å². The number of oxazole rings is 1. The van der Waals surface area contributed by atoms with E-state index in [1.165, 1.54) is 0 Å². The number of rotatable bonds is 6. The van der Waals surface area contributed by atoms with Crippen molar-refractivity contribution in [2.75, 3.05) is 5.32 Å². The first kappa shape index (κ1) is 19.1. The molecule has 0 saturated carbocycles. The second kappa shape index (κ2) is 8.05. The Bertz CT molecular complexity index is 1160. The van der Waals surface area contributed by atoms with Crippen molar-refractivity contribution in [1.82, 2.24) is 9.97 Å². The van der Waals surface area contributed by atoms with Gasteiger partial charge >= 0.3 is 0 Å². The van der Waals surface area contributed by atoms with E-state index in [-0.39, 0.29) is 11.8 Å². The first-order chi connectivity index (χ1) is 14.0. The molecule has 0 saturated heterocycles. The fraction of sp³-hybridized carbons (Fsp3) is 0.227. The van der Waals surface area contributed by atoms with Crippen molar-refractivity contribution in [2.45, 2.75) is 33.3 Å². The van der Waals surface area contributed by atoms with Crippen LogP contribution in [-0.4, -0.2) is 15.9 Å². The summed E-state index contributed by atoms with van der Waals surface area (Å²) in [6.45, 7) is 6.38. The second-order valence-corrected chi connectivity index (χ2v) is 8.08. The maximum Gasteiger partial charge on any atom is 0.255 e. The number of nitrogens with zero attached hydrogens (tertiary/aromatic N) is 2. The standard InChI is InChI=1S/C22H21N3O3S/c1-13(2)22-25-19-10-16(7-8-20(19)28-22)24-21(26)15-5-4-6-18(9-15)27-11-17-12-29-14(3)23-17/h4-10,12-13H,11H2,1-3H3,(H,24,26). The Morgan fingerprint density at radius 1 is 1.21 bits per heavy atom. The number of benzene rings is 2. The van der Waals surface area contributed by atoms with Crippen LogP contribution in [0.3, 0.4) is 0 Å². The van der Waals surface area contributed by atoms with E-state index in [1.807, 2.05) is 44.4 Å². The zero-order valence-electron chi connectivity index (χ0n) is 16.4. The van der Waals surface area contributed by atoms with E-state index in [9.17, 15) is 4.79 Å². The van der Waals surface area contributed by atoms with Crippen LogP contribution in [0.1, 0.15) is 46.7 Å². The molecule has 6 nitrogen and oxygen atoms in total. The van der Waals surface area contributed by atoms with Gasteiger partial charge in [-0.15, -0.1) is 11.3 Å². The molecule has 0 fully saturated rings.